The van der Waals surface area contributed by atoms with Crippen LogP contribution in [0.5, 0.6) is 0 Å². The van der Waals surface area contributed by atoms with Crippen LogP contribution in [0.15, 0.2) is 33.6 Å². The molecule has 1 aromatic rings. The number of thioether (sulfide) groups is 1. The molecule has 24 heavy (non-hydrogen) atoms. The van der Waals surface area contributed by atoms with Gasteiger partial charge in [-0.3, -0.25) is 4.90 Å². The topological polar surface area (TPSA) is 49.9 Å². The van der Waals surface area contributed by atoms with E-state index in [4.69, 9.17) is 4.74 Å². The Labute approximate surface area is 156 Å². The third kappa shape index (κ3) is 4.53. The summed E-state index contributed by atoms with van der Waals surface area (Å²) in [5.74, 6) is 1.87. The van der Waals surface area contributed by atoms with Crippen LogP contribution in [-0.4, -0.2) is 74.6 Å². The highest BCUT2D eigenvalue weighted by Crippen LogP contribution is 2.26. The van der Waals surface area contributed by atoms with Crippen LogP contribution < -0.4 is 0 Å². The summed E-state index contributed by atoms with van der Waals surface area (Å²) in [6, 6.07) is 6.96. The van der Waals surface area contributed by atoms with Gasteiger partial charge in [0, 0.05) is 42.4 Å². The van der Waals surface area contributed by atoms with Crippen LogP contribution in [-0.2, 0) is 14.8 Å². The summed E-state index contributed by atoms with van der Waals surface area (Å²) in [4.78, 5) is 2.70. The van der Waals surface area contributed by atoms with Crippen molar-refractivity contribution in [3.05, 3.63) is 28.7 Å². The monoisotopic (exact) mass is 434 g/mol. The Morgan fingerprint density at radius 2 is 1.88 bits per heavy atom. The highest BCUT2D eigenvalue weighted by atomic mass is 79.9. The Bertz CT molecular complexity index is 633. The molecule has 2 aliphatic heterocycles. The van der Waals surface area contributed by atoms with E-state index in [-0.39, 0.29) is 6.04 Å². The average Bonchev–Trinajstić information content (AvgIpc) is 2.82. The van der Waals surface area contributed by atoms with E-state index in [1.54, 1.807) is 28.6 Å². The Hall–Kier alpha value is -0.120. The summed E-state index contributed by atoms with van der Waals surface area (Å²) in [6.07, 6.45) is 0.903. The maximum absolute atomic E-state index is 13.2. The maximum atomic E-state index is 13.2. The van der Waals surface area contributed by atoms with Gasteiger partial charge in [0.15, 0.2) is 0 Å². The van der Waals surface area contributed by atoms with Crippen LogP contribution in [0, 0.1) is 0 Å². The summed E-state index contributed by atoms with van der Waals surface area (Å²) in [6.45, 7) is 4.62. The molecule has 2 fully saturated rings. The molecule has 0 radical (unpaired) electrons. The van der Waals surface area contributed by atoms with Crippen molar-refractivity contribution < 1.29 is 13.2 Å². The van der Waals surface area contributed by atoms with E-state index < -0.39 is 10.0 Å². The molecular formula is C16H23BrN2O3S2. The largest absolute Gasteiger partial charge is 0.379 e. The fourth-order valence-corrected chi connectivity index (χ4v) is 6.16. The minimum absolute atomic E-state index is 0.0178. The summed E-state index contributed by atoms with van der Waals surface area (Å²) in [7, 11) is -3.46. The van der Waals surface area contributed by atoms with Crippen molar-refractivity contribution in [1.29, 1.82) is 0 Å². The highest BCUT2D eigenvalue weighted by molar-refractivity contribution is 9.10. The summed E-state index contributed by atoms with van der Waals surface area (Å²) < 4.78 is 34.3. The number of nitrogens with zero attached hydrogens (tertiary/aromatic N) is 2. The molecule has 0 saturated carbocycles. The van der Waals surface area contributed by atoms with Crippen LogP contribution in [0.3, 0.4) is 0 Å². The molecule has 134 valence electrons. The molecule has 1 aromatic carbocycles. The van der Waals surface area contributed by atoms with Crippen molar-refractivity contribution in [3.63, 3.8) is 0 Å². The molecule has 1 atom stereocenters. The van der Waals surface area contributed by atoms with E-state index in [0.717, 1.165) is 55.2 Å². The number of halogens is 1. The van der Waals surface area contributed by atoms with E-state index in [1.165, 1.54) is 0 Å². The Morgan fingerprint density at radius 3 is 2.58 bits per heavy atom. The minimum Gasteiger partial charge on any atom is -0.379 e. The van der Waals surface area contributed by atoms with E-state index in [2.05, 4.69) is 20.8 Å². The molecule has 0 bridgehead atoms. The van der Waals surface area contributed by atoms with E-state index in [0.29, 0.717) is 11.4 Å². The molecule has 0 aromatic heterocycles. The van der Waals surface area contributed by atoms with Gasteiger partial charge in [-0.05, 0) is 36.4 Å². The van der Waals surface area contributed by atoms with Crippen molar-refractivity contribution in [2.45, 2.75) is 17.4 Å². The van der Waals surface area contributed by atoms with Gasteiger partial charge < -0.3 is 4.74 Å². The fraction of sp³-hybridized carbons (Fsp3) is 0.625. The predicted octanol–water partition coefficient (Wildman–Crippen LogP) is 2.28. The molecular weight excluding hydrogens is 412 g/mol. The van der Waals surface area contributed by atoms with E-state index >= 15 is 0 Å². The zero-order valence-electron chi connectivity index (χ0n) is 13.6. The van der Waals surface area contributed by atoms with E-state index in [9.17, 15) is 8.42 Å². The average molecular weight is 435 g/mol. The number of benzene rings is 1. The molecule has 8 heteroatoms. The summed E-state index contributed by atoms with van der Waals surface area (Å²) >= 11 is 5.23. The van der Waals surface area contributed by atoms with Crippen LogP contribution in [0.4, 0.5) is 0 Å². The molecule has 0 aliphatic carbocycles. The van der Waals surface area contributed by atoms with Crippen LogP contribution in [0.1, 0.15) is 6.42 Å². The van der Waals surface area contributed by atoms with Crippen LogP contribution in [0.2, 0.25) is 0 Å². The lowest BCUT2D eigenvalue weighted by molar-refractivity contribution is 0.0309. The highest BCUT2D eigenvalue weighted by Gasteiger charge is 2.33. The zero-order chi connectivity index (χ0) is 17.0. The molecule has 0 amide bonds. The quantitative estimate of drug-likeness (QED) is 0.727. The molecule has 5 nitrogen and oxygen atoms in total. The van der Waals surface area contributed by atoms with Crippen molar-refractivity contribution in [2.75, 3.05) is 50.9 Å². The second-order valence-electron chi connectivity index (χ2n) is 6.06. The Balaban J connectivity index is 1.81. The fourth-order valence-electron chi connectivity index (χ4n) is 3.09. The van der Waals surface area contributed by atoms with Crippen molar-refractivity contribution in [3.8, 4) is 0 Å². The first-order chi connectivity index (χ1) is 11.6. The van der Waals surface area contributed by atoms with Gasteiger partial charge in [-0.2, -0.15) is 16.1 Å². The van der Waals surface area contributed by atoms with Gasteiger partial charge in [0.2, 0.25) is 10.0 Å². The molecule has 0 spiro atoms. The predicted molar refractivity (Wildman–Crippen MR) is 101 cm³/mol. The molecule has 3 rings (SSSR count). The van der Waals surface area contributed by atoms with Crippen molar-refractivity contribution >= 4 is 37.7 Å². The van der Waals surface area contributed by atoms with Crippen molar-refractivity contribution in [2.24, 2.45) is 0 Å². The summed E-state index contributed by atoms with van der Waals surface area (Å²) in [5.41, 5.74) is 0. The molecule has 2 saturated heterocycles. The van der Waals surface area contributed by atoms with Gasteiger partial charge in [-0.15, -0.1) is 0 Å². The van der Waals surface area contributed by atoms with Crippen molar-refractivity contribution in [1.82, 2.24) is 9.21 Å². The number of rotatable bonds is 4. The van der Waals surface area contributed by atoms with E-state index in [1.807, 2.05) is 11.8 Å². The third-order valence-electron chi connectivity index (χ3n) is 4.38. The first-order valence-corrected chi connectivity index (χ1v) is 11.6. The molecule has 2 aliphatic rings. The maximum Gasteiger partial charge on any atom is 0.243 e. The first-order valence-electron chi connectivity index (χ1n) is 8.22. The second-order valence-corrected chi connectivity index (χ2v) is 10.0. The molecule has 0 N–H and O–H groups in total. The van der Waals surface area contributed by atoms with Gasteiger partial charge in [-0.25, -0.2) is 8.42 Å². The Morgan fingerprint density at radius 1 is 1.17 bits per heavy atom. The minimum atomic E-state index is -3.46. The third-order valence-corrected chi connectivity index (χ3v) is 8.07. The zero-order valence-corrected chi connectivity index (χ0v) is 16.8. The van der Waals surface area contributed by atoms with Gasteiger partial charge >= 0.3 is 0 Å². The number of ether oxygens (including phenoxy) is 1. The normalized spacial score (nSPS) is 24.6. The SMILES string of the molecule is O=S(=O)(c1ccc(Br)cc1)N1CCCSC[C@H]1CN1CCOCC1. The summed E-state index contributed by atoms with van der Waals surface area (Å²) in [5, 5.41) is 0. The van der Waals surface area contributed by atoms with Gasteiger partial charge in [-0.1, -0.05) is 15.9 Å². The van der Waals surface area contributed by atoms with Gasteiger partial charge in [0.05, 0.1) is 18.1 Å². The van der Waals surface area contributed by atoms with Crippen LogP contribution >= 0.6 is 27.7 Å². The van der Waals surface area contributed by atoms with Gasteiger partial charge in [0.25, 0.3) is 0 Å². The first kappa shape index (κ1) is 18.7. The Kier molecular flexibility index (Phi) is 6.62. The number of hydrogen-bond acceptors (Lipinski definition) is 5. The smallest absolute Gasteiger partial charge is 0.243 e. The van der Waals surface area contributed by atoms with Crippen LogP contribution in [0.25, 0.3) is 0 Å². The molecule has 0 unspecified atom stereocenters. The lowest BCUT2D eigenvalue weighted by Gasteiger charge is -2.35. The van der Waals surface area contributed by atoms with Gasteiger partial charge in [0.1, 0.15) is 0 Å². The molecule has 2 heterocycles. The number of hydrogen-bond donors (Lipinski definition) is 0. The lowest BCUT2D eigenvalue weighted by atomic mass is 10.2. The standard InChI is InChI=1S/C16H23BrN2O3S2/c17-14-2-4-16(5-3-14)24(20,21)19-6-1-11-23-13-15(19)12-18-7-9-22-10-8-18/h2-5,15H,1,6-13H2/t15-/m1/s1. The second kappa shape index (κ2) is 8.51. The number of sulfonamides is 1. The lowest BCUT2D eigenvalue weighted by Crippen LogP contribution is -2.50. The number of morpholine rings is 1.